The molecule has 0 unspecified atom stereocenters. The summed E-state index contributed by atoms with van der Waals surface area (Å²) in [5.74, 6) is 0.713. The molecule has 2 aromatic carbocycles. The Kier molecular flexibility index (Phi) is 5.78. The molecule has 0 aliphatic carbocycles. The van der Waals surface area contributed by atoms with E-state index in [1.54, 1.807) is 37.3 Å². The van der Waals surface area contributed by atoms with Crippen LogP contribution in [-0.4, -0.2) is 45.9 Å². The van der Waals surface area contributed by atoms with Crippen LogP contribution in [0.4, 0.5) is 0 Å². The van der Waals surface area contributed by atoms with Crippen LogP contribution in [0.1, 0.15) is 13.8 Å². The van der Waals surface area contributed by atoms with Gasteiger partial charge in [0.1, 0.15) is 47.2 Å². The van der Waals surface area contributed by atoms with Gasteiger partial charge < -0.3 is 19.3 Å². The molecule has 146 valence electrons. The molecule has 3 aromatic rings. The number of fused-ring (bicyclic) bond motifs is 1. The van der Waals surface area contributed by atoms with E-state index < -0.39 is 5.97 Å². The van der Waals surface area contributed by atoms with E-state index in [9.17, 15) is 9.90 Å². The van der Waals surface area contributed by atoms with Crippen molar-refractivity contribution < 1.29 is 24.1 Å². The number of nitrogens with zero attached hydrogens (tertiary/aromatic N) is 3. The fourth-order valence-corrected chi connectivity index (χ4v) is 2.44. The van der Waals surface area contributed by atoms with Crippen LogP contribution in [0.15, 0.2) is 48.6 Å². The Morgan fingerprint density at radius 1 is 1.07 bits per heavy atom. The Morgan fingerprint density at radius 2 is 1.79 bits per heavy atom. The molecule has 8 nitrogen and oxygen atoms in total. The van der Waals surface area contributed by atoms with Crippen molar-refractivity contribution in [2.24, 2.45) is 0 Å². The Hall–Kier alpha value is -3.55. The number of aromatic hydroxyl groups is 1. The van der Waals surface area contributed by atoms with Crippen LogP contribution in [-0.2, 0) is 9.53 Å². The topological polar surface area (TPSA) is 95.7 Å². The highest BCUT2D eigenvalue weighted by molar-refractivity contribution is 5.86. The number of phenols is 1. The molecule has 0 aliphatic rings. The molecular formula is C20H21N3O5. The number of ether oxygens (including phenoxy) is 3. The molecule has 0 saturated carbocycles. The van der Waals surface area contributed by atoms with E-state index >= 15 is 0 Å². The Morgan fingerprint density at radius 3 is 2.50 bits per heavy atom. The predicted octanol–water partition coefficient (Wildman–Crippen LogP) is 3.02. The van der Waals surface area contributed by atoms with Gasteiger partial charge in [-0.15, -0.1) is 15.0 Å². The molecule has 0 radical (unpaired) electrons. The average Bonchev–Trinajstić information content (AvgIpc) is 3.08. The van der Waals surface area contributed by atoms with Gasteiger partial charge in [0, 0.05) is 17.7 Å². The van der Waals surface area contributed by atoms with E-state index in [2.05, 4.69) is 16.8 Å². The van der Waals surface area contributed by atoms with Crippen molar-refractivity contribution in [2.45, 2.75) is 13.8 Å². The van der Waals surface area contributed by atoms with E-state index in [1.807, 2.05) is 6.92 Å². The van der Waals surface area contributed by atoms with Crippen LogP contribution in [0, 0.1) is 0 Å². The molecule has 0 bridgehead atoms. The Balaban J connectivity index is 1.71. The lowest BCUT2D eigenvalue weighted by atomic mass is 10.3. The van der Waals surface area contributed by atoms with Crippen LogP contribution in [0.2, 0.25) is 0 Å². The van der Waals surface area contributed by atoms with Crippen molar-refractivity contribution in [2.75, 3.05) is 19.8 Å². The van der Waals surface area contributed by atoms with E-state index in [1.165, 1.54) is 10.9 Å². The summed E-state index contributed by atoms with van der Waals surface area (Å²) >= 11 is 0. The summed E-state index contributed by atoms with van der Waals surface area (Å²) in [4.78, 5) is 12.7. The predicted molar refractivity (Wildman–Crippen MR) is 103 cm³/mol. The lowest BCUT2D eigenvalue weighted by Crippen LogP contribution is -2.12. The van der Waals surface area contributed by atoms with E-state index in [0.29, 0.717) is 40.4 Å². The highest BCUT2D eigenvalue weighted by Gasteiger charge is 2.11. The van der Waals surface area contributed by atoms with Crippen molar-refractivity contribution in [1.82, 2.24) is 15.0 Å². The van der Waals surface area contributed by atoms with Gasteiger partial charge in [-0.05, 0) is 38.1 Å². The molecule has 0 saturated heterocycles. The second-order valence-corrected chi connectivity index (χ2v) is 5.99. The molecule has 3 rings (SSSR count). The molecule has 0 aliphatic heterocycles. The molecule has 1 aromatic heterocycles. The van der Waals surface area contributed by atoms with Gasteiger partial charge in [-0.25, -0.2) is 4.79 Å². The minimum Gasteiger partial charge on any atom is -0.505 e. The Labute approximate surface area is 161 Å². The highest BCUT2D eigenvalue weighted by atomic mass is 16.6. The van der Waals surface area contributed by atoms with Gasteiger partial charge in [-0.2, -0.15) is 0 Å². The number of aromatic nitrogens is 3. The minimum absolute atomic E-state index is 0.0158. The van der Waals surface area contributed by atoms with Gasteiger partial charge in [0.15, 0.2) is 0 Å². The van der Waals surface area contributed by atoms with Crippen molar-refractivity contribution in [3.63, 3.8) is 0 Å². The number of carbonyl (C=O) groups excluding carboxylic acids is 1. The molecule has 1 N–H and O–H groups in total. The summed E-state index contributed by atoms with van der Waals surface area (Å²) in [6.45, 7) is 7.81. The second kappa shape index (κ2) is 8.43. The second-order valence-electron chi connectivity index (χ2n) is 5.99. The normalized spacial score (nSPS) is 10.6. The highest BCUT2D eigenvalue weighted by Crippen LogP contribution is 2.27. The monoisotopic (exact) mass is 383 g/mol. The summed E-state index contributed by atoms with van der Waals surface area (Å²) in [6, 6.07) is 10.2. The summed E-state index contributed by atoms with van der Waals surface area (Å²) in [5, 5.41) is 19.0. The van der Waals surface area contributed by atoms with Crippen molar-refractivity contribution in [3.05, 3.63) is 48.6 Å². The number of hydrogen-bond acceptors (Lipinski definition) is 7. The largest absolute Gasteiger partial charge is 0.505 e. The molecule has 28 heavy (non-hydrogen) atoms. The summed E-state index contributed by atoms with van der Waals surface area (Å²) < 4.78 is 15.9. The van der Waals surface area contributed by atoms with E-state index in [4.69, 9.17) is 14.2 Å². The Bertz CT molecular complexity index is 1010. The SMILES string of the molecule is C=C(C)C(=O)OCCOc1ccc2nn(-c3ccc(OCC)cc3O)nc2c1. The first kappa shape index (κ1) is 19.2. The smallest absolute Gasteiger partial charge is 0.333 e. The standard InChI is InChI=1S/C20H21N3O5/c1-4-26-15-6-8-18(19(24)12-15)23-21-16-7-5-14(11-17(16)22-23)27-9-10-28-20(25)13(2)3/h5-8,11-12,24H,2,4,9-10H2,1,3H3. The fraction of sp³-hybridized carbons (Fsp3) is 0.250. The minimum atomic E-state index is -0.447. The quantitative estimate of drug-likeness (QED) is 0.363. The zero-order valence-electron chi connectivity index (χ0n) is 15.7. The number of benzene rings is 2. The van der Waals surface area contributed by atoms with Gasteiger partial charge in [0.2, 0.25) is 0 Å². The third-order valence-corrected chi connectivity index (χ3v) is 3.76. The number of rotatable bonds is 8. The maximum atomic E-state index is 11.3. The van der Waals surface area contributed by atoms with Crippen molar-refractivity contribution in [3.8, 4) is 22.9 Å². The number of phenolic OH excluding ortho intramolecular Hbond substituents is 1. The number of esters is 1. The van der Waals surface area contributed by atoms with Crippen LogP contribution < -0.4 is 9.47 Å². The summed E-state index contributed by atoms with van der Waals surface area (Å²) in [6.07, 6.45) is 0. The van der Waals surface area contributed by atoms with Crippen LogP contribution in [0.3, 0.4) is 0 Å². The van der Waals surface area contributed by atoms with E-state index in [0.717, 1.165) is 0 Å². The molecule has 1 heterocycles. The van der Waals surface area contributed by atoms with Gasteiger partial charge in [-0.1, -0.05) is 6.58 Å². The molecule has 0 amide bonds. The molecule has 0 spiro atoms. The van der Waals surface area contributed by atoms with Gasteiger partial charge >= 0.3 is 5.97 Å². The lowest BCUT2D eigenvalue weighted by Gasteiger charge is -2.07. The van der Waals surface area contributed by atoms with Gasteiger partial charge in [0.05, 0.1) is 6.61 Å². The third kappa shape index (κ3) is 4.40. The fourth-order valence-electron chi connectivity index (χ4n) is 2.44. The zero-order valence-corrected chi connectivity index (χ0v) is 15.7. The summed E-state index contributed by atoms with van der Waals surface area (Å²) in [5.41, 5.74) is 2.03. The zero-order chi connectivity index (χ0) is 20.1. The third-order valence-electron chi connectivity index (χ3n) is 3.76. The molecule has 0 atom stereocenters. The number of hydrogen-bond donors (Lipinski definition) is 1. The van der Waals surface area contributed by atoms with E-state index in [-0.39, 0.29) is 19.0 Å². The molecule has 0 fully saturated rings. The maximum Gasteiger partial charge on any atom is 0.333 e. The van der Waals surface area contributed by atoms with Crippen LogP contribution in [0.25, 0.3) is 16.7 Å². The first-order valence-electron chi connectivity index (χ1n) is 8.76. The van der Waals surface area contributed by atoms with Gasteiger partial charge in [0.25, 0.3) is 0 Å². The molecular weight excluding hydrogens is 362 g/mol. The average molecular weight is 383 g/mol. The van der Waals surface area contributed by atoms with Crippen molar-refractivity contribution >= 4 is 17.0 Å². The van der Waals surface area contributed by atoms with Gasteiger partial charge in [-0.3, -0.25) is 0 Å². The number of carbonyl (C=O) groups is 1. The first-order valence-corrected chi connectivity index (χ1v) is 8.76. The first-order chi connectivity index (χ1) is 13.5. The maximum absolute atomic E-state index is 11.3. The van der Waals surface area contributed by atoms with Crippen LogP contribution in [0.5, 0.6) is 17.2 Å². The molecule has 8 heteroatoms. The lowest BCUT2D eigenvalue weighted by molar-refractivity contribution is -0.139. The van der Waals surface area contributed by atoms with Crippen molar-refractivity contribution in [1.29, 1.82) is 0 Å². The summed E-state index contributed by atoms with van der Waals surface area (Å²) in [7, 11) is 0. The van der Waals surface area contributed by atoms with Crippen LogP contribution >= 0.6 is 0 Å².